The molecule has 2 aromatic rings. The van der Waals surface area contributed by atoms with Gasteiger partial charge in [0.2, 0.25) is 0 Å². The molecule has 0 aromatic carbocycles. The molecule has 0 aliphatic heterocycles. The number of halogens is 1. The Kier molecular flexibility index (Phi) is 3.63. The fourth-order valence-electron chi connectivity index (χ4n) is 1.56. The summed E-state index contributed by atoms with van der Waals surface area (Å²) in [4.78, 5) is 19.8. The van der Waals surface area contributed by atoms with Crippen LogP contribution in [-0.2, 0) is 6.42 Å². The van der Waals surface area contributed by atoms with Gasteiger partial charge in [0.1, 0.15) is 5.82 Å². The van der Waals surface area contributed by atoms with Gasteiger partial charge in [-0.15, -0.1) is 11.3 Å². The number of aromatic nitrogens is 2. The van der Waals surface area contributed by atoms with Crippen LogP contribution in [0.4, 0.5) is 5.82 Å². The van der Waals surface area contributed by atoms with Crippen molar-refractivity contribution in [2.75, 3.05) is 5.73 Å². The highest BCUT2D eigenvalue weighted by Crippen LogP contribution is 2.27. The van der Waals surface area contributed by atoms with E-state index in [-0.39, 0.29) is 5.56 Å². The molecule has 0 unspecified atom stereocenters. The maximum Gasteiger partial charge on any atom is 0.256 e. The lowest BCUT2D eigenvalue weighted by Crippen LogP contribution is -2.17. The molecular formula is C11H12BrN3OS. The number of hydrogen-bond acceptors (Lipinski definition) is 4. The third-order valence-corrected chi connectivity index (χ3v) is 4.05. The first-order valence-electron chi connectivity index (χ1n) is 5.25. The maximum absolute atomic E-state index is 11.8. The van der Waals surface area contributed by atoms with Gasteiger partial charge in [-0.25, -0.2) is 4.98 Å². The molecule has 17 heavy (non-hydrogen) atoms. The van der Waals surface area contributed by atoms with Gasteiger partial charge in [0.25, 0.3) is 5.56 Å². The van der Waals surface area contributed by atoms with Gasteiger partial charge < -0.3 is 10.7 Å². The Morgan fingerprint density at radius 1 is 1.59 bits per heavy atom. The summed E-state index contributed by atoms with van der Waals surface area (Å²) in [6, 6.07) is 1.90. The van der Waals surface area contributed by atoms with Crippen molar-refractivity contribution in [2.24, 2.45) is 0 Å². The van der Waals surface area contributed by atoms with Crippen LogP contribution in [0.3, 0.4) is 0 Å². The molecule has 6 heteroatoms. The standard InChI is InChI=1S/C11H12BrN3OS/c1-2-3-7-9(13)14-10(15-11(7)16)8-4-6(12)5-17-8/h4-5H,2-3H2,1H3,(H3,13,14,15,16). The number of nitrogen functional groups attached to an aromatic ring is 1. The van der Waals surface area contributed by atoms with Crippen molar-refractivity contribution in [1.82, 2.24) is 9.97 Å². The van der Waals surface area contributed by atoms with Crippen LogP contribution in [0, 0.1) is 0 Å². The first-order valence-corrected chi connectivity index (χ1v) is 6.92. The summed E-state index contributed by atoms with van der Waals surface area (Å²) in [6.07, 6.45) is 1.53. The van der Waals surface area contributed by atoms with Gasteiger partial charge in [0, 0.05) is 9.85 Å². The summed E-state index contributed by atoms with van der Waals surface area (Å²) in [5.41, 5.74) is 6.25. The van der Waals surface area contributed by atoms with Crippen LogP contribution in [0.1, 0.15) is 18.9 Å². The number of aromatic amines is 1. The molecule has 90 valence electrons. The molecule has 0 fully saturated rings. The molecule has 0 amide bonds. The Bertz CT molecular complexity index is 591. The van der Waals surface area contributed by atoms with Crippen molar-refractivity contribution in [1.29, 1.82) is 0 Å². The van der Waals surface area contributed by atoms with Gasteiger partial charge in [-0.05, 0) is 28.4 Å². The van der Waals surface area contributed by atoms with E-state index < -0.39 is 0 Å². The van der Waals surface area contributed by atoms with E-state index in [1.165, 1.54) is 11.3 Å². The largest absolute Gasteiger partial charge is 0.383 e. The van der Waals surface area contributed by atoms with Gasteiger partial charge in [0.05, 0.1) is 10.4 Å². The zero-order valence-corrected chi connectivity index (χ0v) is 11.7. The Balaban J connectivity index is 2.49. The van der Waals surface area contributed by atoms with E-state index >= 15 is 0 Å². The van der Waals surface area contributed by atoms with E-state index in [0.29, 0.717) is 23.6 Å². The molecule has 0 aliphatic rings. The highest BCUT2D eigenvalue weighted by molar-refractivity contribution is 9.10. The van der Waals surface area contributed by atoms with Crippen molar-refractivity contribution in [3.63, 3.8) is 0 Å². The zero-order chi connectivity index (χ0) is 12.4. The Morgan fingerprint density at radius 3 is 2.88 bits per heavy atom. The van der Waals surface area contributed by atoms with Gasteiger partial charge in [-0.2, -0.15) is 0 Å². The van der Waals surface area contributed by atoms with Crippen LogP contribution in [-0.4, -0.2) is 9.97 Å². The second-order valence-corrected chi connectivity index (χ2v) is 5.48. The molecule has 0 aliphatic carbocycles. The van der Waals surface area contributed by atoms with Gasteiger partial charge in [0.15, 0.2) is 5.82 Å². The monoisotopic (exact) mass is 313 g/mol. The molecule has 0 saturated carbocycles. The molecular weight excluding hydrogens is 302 g/mol. The number of hydrogen-bond donors (Lipinski definition) is 2. The quantitative estimate of drug-likeness (QED) is 0.915. The minimum Gasteiger partial charge on any atom is -0.383 e. The van der Waals surface area contributed by atoms with E-state index in [0.717, 1.165) is 15.8 Å². The van der Waals surface area contributed by atoms with Gasteiger partial charge in [-0.1, -0.05) is 13.3 Å². The predicted octanol–water partition coefficient (Wildman–Crippen LogP) is 2.80. The van der Waals surface area contributed by atoms with Crippen molar-refractivity contribution in [3.05, 3.63) is 31.8 Å². The van der Waals surface area contributed by atoms with Crippen molar-refractivity contribution < 1.29 is 0 Å². The normalized spacial score (nSPS) is 10.7. The lowest BCUT2D eigenvalue weighted by Gasteiger charge is -2.04. The molecule has 0 saturated heterocycles. The third-order valence-electron chi connectivity index (χ3n) is 2.35. The van der Waals surface area contributed by atoms with Crippen LogP contribution >= 0.6 is 27.3 Å². The average Bonchev–Trinajstić information content (AvgIpc) is 2.70. The first-order chi connectivity index (χ1) is 8.11. The highest BCUT2D eigenvalue weighted by Gasteiger charge is 2.10. The molecule has 0 radical (unpaired) electrons. The van der Waals surface area contributed by atoms with Crippen LogP contribution in [0.15, 0.2) is 20.7 Å². The lowest BCUT2D eigenvalue weighted by atomic mass is 10.2. The molecule has 0 spiro atoms. The third kappa shape index (κ3) is 2.58. The number of rotatable bonds is 3. The van der Waals surface area contributed by atoms with Crippen molar-refractivity contribution in [3.8, 4) is 10.7 Å². The van der Waals surface area contributed by atoms with Crippen LogP contribution in [0.5, 0.6) is 0 Å². The van der Waals surface area contributed by atoms with Gasteiger partial charge in [-0.3, -0.25) is 4.79 Å². The lowest BCUT2D eigenvalue weighted by molar-refractivity contribution is 0.892. The topological polar surface area (TPSA) is 71.8 Å². The van der Waals surface area contributed by atoms with Crippen molar-refractivity contribution >= 4 is 33.1 Å². The summed E-state index contributed by atoms with van der Waals surface area (Å²) in [6.45, 7) is 2.00. The fourth-order valence-corrected chi connectivity index (χ4v) is 2.93. The molecule has 0 bridgehead atoms. The van der Waals surface area contributed by atoms with E-state index in [1.807, 2.05) is 18.4 Å². The molecule has 2 aromatic heterocycles. The van der Waals surface area contributed by atoms with Gasteiger partial charge >= 0.3 is 0 Å². The Labute approximate surface area is 111 Å². The first kappa shape index (κ1) is 12.3. The maximum atomic E-state index is 11.8. The van der Waals surface area contributed by atoms with Crippen molar-refractivity contribution in [2.45, 2.75) is 19.8 Å². The smallest absolute Gasteiger partial charge is 0.256 e. The Hall–Kier alpha value is -1.14. The number of thiophene rings is 1. The summed E-state index contributed by atoms with van der Waals surface area (Å²) >= 11 is 4.87. The summed E-state index contributed by atoms with van der Waals surface area (Å²) in [5, 5.41) is 1.94. The van der Waals surface area contributed by atoms with E-state index in [4.69, 9.17) is 5.73 Å². The number of nitrogens with one attached hydrogen (secondary N) is 1. The molecule has 4 nitrogen and oxygen atoms in total. The predicted molar refractivity (Wildman–Crippen MR) is 74.3 cm³/mol. The second kappa shape index (κ2) is 5.01. The molecule has 2 rings (SSSR count). The van der Waals surface area contributed by atoms with Crippen LogP contribution < -0.4 is 11.3 Å². The summed E-state index contributed by atoms with van der Waals surface area (Å²) in [7, 11) is 0. The fraction of sp³-hybridized carbons (Fsp3) is 0.273. The van der Waals surface area contributed by atoms with Crippen LogP contribution in [0.2, 0.25) is 0 Å². The zero-order valence-electron chi connectivity index (χ0n) is 9.29. The molecule has 3 N–H and O–H groups in total. The summed E-state index contributed by atoms with van der Waals surface area (Å²) < 4.78 is 0.969. The average molecular weight is 314 g/mol. The van der Waals surface area contributed by atoms with E-state index in [2.05, 4.69) is 25.9 Å². The minimum absolute atomic E-state index is 0.140. The second-order valence-electron chi connectivity index (χ2n) is 3.66. The number of anilines is 1. The minimum atomic E-state index is -0.140. The van der Waals surface area contributed by atoms with E-state index in [1.54, 1.807) is 0 Å². The Morgan fingerprint density at radius 2 is 2.35 bits per heavy atom. The molecule has 0 atom stereocenters. The SMILES string of the molecule is CCCc1c(N)nc(-c2cc(Br)cs2)[nH]c1=O. The number of nitrogens with two attached hydrogens (primary N) is 1. The highest BCUT2D eigenvalue weighted by atomic mass is 79.9. The summed E-state index contributed by atoms with van der Waals surface area (Å²) in [5.74, 6) is 0.859. The molecule has 2 heterocycles. The van der Waals surface area contributed by atoms with E-state index in [9.17, 15) is 4.79 Å². The number of nitrogens with zero attached hydrogens (tertiary/aromatic N) is 1. The number of H-pyrrole nitrogens is 1. The van der Waals surface area contributed by atoms with Crippen LogP contribution in [0.25, 0.3) is 10.7 Å².